The molecular formula is C10H10N2O. The Balaban J connectivity index is 2.87. The highest BCUT2D eigenvalue weighted by atomic mass is 16.1. The molecule has 0 fully saturated rings. The minimum atomic E-state index is 0.0353. The second-order valence-electron chi connectivity index (χ2n) is 2.85. The van der Waals surface area contributed by atoms with Gasteiger partial charge >= 0.3 is 0 Å². The van der Waals surface area contributed by atoms with Crippen molar-refractivity contribution in [3.63, 3.8) is 0 Å². The van der Waals surface area contributed by atoms with Gasteiger partial charge in [0.2, 0.25) is 0 Å². The van der Waals surface area contributed by atoms with Crippen LogP contribution in [0.2, 0.25) is 0 Å². The number of nitrogens with zero attached hydrogens (tertiary/aromatic N) is 2. The lowest BCUT2D eigenvalue weighted by atomic mass is 10.2. The SMILES string of the molecule is CCn1cnc2ccccc2c1=O. The van der Waals surface area contributed by atoms with E-state index in [1.807, 2.05) is 25.1 Å². The largest absolute Gasteiger partial charge is 0.299 e. The molecule has 1 aromatic heterocycles. The van der Waals surface area contributed by atoms with E-state index >= 15 is 0 Å². The summed E-state index contributed by atoms with van der Waals surface area (Å²) in [7, 11) is 0. The van der Waals surface area contributed by atoms with E-state index in [-0.39, 0.29) is 5.56 Å². The molecule has 2 aromatic rings. The van der Waals surface area contributed by atoms with Crippen molar-refractivity contribution < 1.29 is 0 Å². The van der Waals surface area contributed by atoms with Crippen molar-refractivity contribution in [2.24, 2.45) is 0 Å². The molecule has 0 spiro atoms. The van der Waals surface area contributed by atoms with E-state index in [2.05, 4.69) is 4.98 Å². The van der Waals surface area contributed by atoms with Crippen molar-refractivity contribution >= 4 is 10.9 Å². The topological polar surface area (TPSA) is 34.9 Å². The number of para-hydroxylation sites is 1. The first-order valence-corrected chi connectivity index (χ1v) is 4.27. The summed E-state index contributed by atoms with van der Waals surface area (Å²) >= 11 is 0. The van der Waals surface area contributed by atoms with Gasteiger partial charge < -0.3 is 0 Å². The zero-order chi connectivity index (χ0) is 9.26. The summed E-state index contributed by atoms with van der Waals surface area (Å²) in [6.07, 6.45) is 1.59. The van der Waals surface area contributed by atoms with Crippen LogP contribution in [0.25, 0.3) is 10.9 Å². The maximum atomic E-state index is 11.7. The van der Waals surface area contributed by atoms with E-state index in [0.29, 0.717) is 11.9 Å². The smallest absolute Gasteiger partial charge is 0.261 e. The van der Waals surface area contributed by atoms with E-state index in [9.17, 15) is 4.79 Å². The molecule has 0 saturated heterocycles. The molecule has 13 heavy (non-hydrogen) atoms. The number of rotatable bonds is 1. The van der Waals surface area contributed by atoms with Gasteiger partial charge in [-0.1, -0.05) is 12.1 Å². The van der Waals surface area contributed by atoms with Crippen molar-refractivity contribution in [3.8, 4) is 0 Å². The molecule has 3 nitrogen and oxygen atoms in total. The zero-order valence-electron chi connectivity index (χ0n) is 7.40. The third kappa shape index (κ3) is 1.22. The Morgan fingerprint density at radius 1 is 1.38 bits per heavy atom. The van der Waals surface area contributed by atoms with E-state index in [1.54, 1.807) is 17.0 Å². The number of benzene rings is 1. The van der Waals surface area contributed by atoms with Gasteiger partial charge in [0.1, 0.15) is 0 Å². The molecule has 1 heterocycles. The molecule has 1 aromatic carbocycles. The third-order valence-corrected chi connectivity index (χ3v) is 2.07. The molecule has 0 unspecified atom stereocenters. The van der Waals surface area contributed by atoms with Gasteiger partial charge in [-0.15, -0.1) is 0 Å². The fraction of sp³-hybridized carbons (Fsp3) is 0.200. The summed E-state index contributed by atoms with van der Waals surface area (Å²) in [5.41, 5.74) is 0.797. The second kappa shape index (κ2) is 3.01. The summed E-state index contributed by atoms with van der Waals surface area (Å²) in [5, 5.41) is 0.687. The molecule has 3 heteroatoms. The van der Waals surface area contributed by atoms with Crippen LogP contribution in [0.15, 0.2) is 35.4 Å². The minimum Gasteiger partial charge on any atom is -0.299 e. The van der Waals surface area contributed by atoms with Gasteiger partial charge in [0, 0.05) is 6.54 Å². The van der Waals surface area contributed by atoms with Gasteiger partial charge in [0.05, 0.1) is 17.2 Å². The van der Waals surface area contributed by atoms with Crippen LogP contribution >= 0.6 is 0 Å². The van der Waals surface area contributed by atoms with E-state index in [0.717, 1.165) is 5.52 Å². The van der Waals surface area contributed by atoms with E-state index in [4.69, 9.17) is 0 Å². The highest BCUT2D eigenvalue weighted by Gasteiger charge is 1.99. The average molecular weight is 174 g/mol. The van der Waals surface area contributed by atoms with Gasteiger partial charge in [-0.2, -0.15) is 0 Å². The molecule has 2 rings (SSSR count). The summed E-state index contributed by atoms with van der Waals surface area (Å²) in [5.74, 6) is 0. The average Bonchev–Trinajstić information content (AvgIpc) is 2.19. The van der Waals surface area contributed by atoms with E-state index < -0.39 is 0 Å². The molecule has 0 aliphatic carbocycles. The van der Waals surface area contributed by atoms with Gasteiger partial charge in [0.15, 0.2) is 0 Å². The molecule has 66 valence electrons. The first-order valence-electron chi connectivity index (χ1n) is 4.27. The monoisotopic (exact) mass is 174 g/mol. The predicted molar refractivity (Wildman–Crippen MR) is 51.7 cm³/mol. The summed E-state index contributed by atoms with van der Waals surface area (Å²) < 4.78 is 1.60. The van der Waals surface area contributed by atoms with Crippen molar-refractivity contribution in [1.29, 1.82) is 0 Å². The molecule has 0 aliphatic heterocycles. The van der Waals surface area contributed by atoms with Crippen LogP contribution in [0.5, 0.6) is 0 Å². The van der Waals surface area contributed by atoms with Crippen molar-refractivity contribution in [2.75, 3.05) is 0 Å². The van der Waals surface area contributed by atoms with Gasteiger partial charge in [-0.05, 0) is 19.1 Å². The van der Waals surface area contributed by atoms with Crippen LogP contribution in [0.1, 0.15) is 6.92 Å². The Morgan fingerprint density at radius 3 is 2.92 bits per heavy atom. The molecular weight excluding hydrogens is 164 g/mol. The molecule has 0 amide bonds. The molecule has 0 atom stereocenters. The fourth-order valence-electron chi connectivity index (χ4n) is 1.33. The number of hydrogen-bond donors (Lipinski definition) is 0. The van der Waals surface area contributed by atoms with Crippen molar-refractivity contribution in [2.45, 2.75) is 13.5 Å². The van der Waals surface area contributed by atoms with Crippen LogP contribution < -0.4 is 5.56 Å². The lowest BCUT2D eigenvalue weighted by Crippen LogP contribution is -2.19. The zero-order valence-corrected chi connectivity index (χ0v) is 7.40. The molecule has 0 saturated carbocycles. The van der Waals surface area contributed by atoms with Crippen LogP contribution in [0.3, 0.4) is 0 Å². The molecule has 0 bridgehead atoms. The number of aryl methyl sites for hydroxylation is 1. The first kappa shape index (κ1) is 7.98. The Bertz CT molecular complexity index is 487. The number of aromatic nitrogens is 2. The Kier molecular flexibility index (Phi) is 1.85. The first-order chi connectivity index (χ1) is 6.33. The van der Waals surface area contributed by atoms with Crippen molar-refractivity contribution in [1.82, 2.24) is 9.55 Å². The quantitative estimate of drug-likeness (QED) is 0.655. The Morgan fingerprint density at radius 2 is 2.15 bits per heavy atom. The Hall–Kier alpha value is -1.64. The number of hydrogen-bond acceptors (Lipinski definition) is 2. The Labute approximate surface area is 75.7 Å². The maximum absolute atomic E-state index is 11.7. The molecule has 0 radical (unpaired) electrons. The van der Waals surface area contributed by atoms with Crippen molar-refractivity contribution in [3.05, 3.63) is 40.9 Å². The normalized spacial score (nSPS) is 10.5. The maximum Gasteiger partial charge on any atom is 0.261 e. The number of fused-ring (bicyclic) bond motifs is 1. The summed E-state index contributed by atoms with van der Waals surface area (Å²) in [6, 6.07) is 7.38. The molecule has 0 aliphatic rings. The van der Waals surface area contributed by atoms with E-state index in [1.165, 1.54) is 0 Å². The fourth-order valence-corrected chi connectivity index (χ4v) is 1.33. The lowest BCUT2D eigenvalue weighted by Gasteiger charge is -2.01. The highest BCUT2D eigenvalue weighted by Crippen LogP contribution is 2.03. The van der Waals surface area contributed by atoms with Gasteiger partial charge in [-0.25, -0.2) is 4.98 Å². The summed E-state index contributed by atoms with van der Waals surface area (Å²) in [4.78, 5) is 15.9. The van der Waals surface area contributed by atoms with Crippen LogP contribution in [0, 0.1) is 0 Å². The summed E-state index contributed by atoms with van der Waals surface area (Å²) in [6.45, 7) is 2.59. The molecule has 0 N–H and O–H groups in total. The second-order valence-corrected chi connectivity index (χ2v) is 2.85. The third-order valence-electron chi connectivity index (χ3n) is 2.07. The predicted octanol–water partition coefficient (Wildman–Crippen LogP) is 1.42. The van der Waals surface area contributed by atoms with Gasteiger partial charge in [0.25, 0.3) is 5.56 Å². The van der Waals surface area contributed by atoms with Gasteiger partial charge in [-0.3, -0.25) is 9.36 Å². The standard InChI is InChI=1S/C10H10N2O/c1-2-12-7-11-9-6-4-3-5-8(9)10(12)13/h3-7H,2H2,1H3. The van der Waals surface area contributed by atoms with Crippen LogP contribution in [-0.4, -0.2) is 9.55 Å². The lowest BCUT2D eigenvalue weighted by molar-refractivity contribution is 0.717. The van der Waals surface area contributed by atoms with Crippen LogP contribution in [0.4, 0.5) is 0 Å². The highest BCUT2D eigenvalue weighted by molar-refractivity contribution is 5.76. The minimum absolute atomic E-state index is 0.0353. The van der Waals surface area contributed by atoms with Crippen LogP contribution in [-0.2, 0) is 6.54 Å².